The van der Waals surface area contributed by atoms with Gasteiger partial charge in [0.1, 0.15) is 11.8 Å². The van der Waals surface area contributed by atoms with Gasteiger partial charge < -0.3 is 0 Å². The van der Waals surface area contributed by atoms with Crippen molar-refractivity contribution in [2.45, 2.75) is 16.8 Å². The van der Waals surface area contributed by atoms with Crippen LogP contribution in [0.15, 0.2) is 47.5 Å². The third-order valence-electron chi connectivity index (χ3n) is 2.71. The third-order valence-corrected chi connectivity index (χ3v) is 4.06. The van der Waals surface area contributed by atoms with Gasteiger partial charge in [-0.15, -0.1) is 0 Å². The lowest BCUT2D eigenvalue weighted by atomic mass is 10.2. The second-order valence-corrected chi connectivity index (χ2v) is 5.59. The number of nitrogens with zero attached hydrogens (tertiary/aromatic N) is 2. The molecule has 0 amide bonds. The molecule has 1 atom stereocenters. The van der Waals surface area contributed by atoms with Gasteiger partial charge in [0.25, 0.3) is 0 Å². The molecule has 0 bridgehead atoms. The molecule has 1 aromatic heterocycles. The molecule has 3 nitrogen and oxygen atoms in total. The first-order chi connectivity index (χ1) is 9.91. The Morgan fingerprint density at radius 2 is 2.00 bits per heavy atom. The van der Waals surface area contributed by atoms with E-state index in [4.69, 9.17) is 5.26 Å². The molecule has 1 heterocycles. The van der Waals surface area contributed by atoms with Gasteiger partial charge in [0.2, 0.25) is 0 Å². The van der Waals surface area contributed by atoms with Crippen molar-refractivity contribution in [3.8, 4) is 6.07 Å². The van der Waals surface area contributed by atoms with E-state index in [9.17, 15) is 17.4 Å². The molecule has 2 rings (SSSR count). The highest BCUT2D eigenvalue weighted by atomic mass is 32.2. The molecular weight excluding hydrogens is 301 g/mol. The minimum atomic E-state index is -4.48. The molecule has 0 saturated carbocycles. The molecule has 0 aliphatic carbocycles. The molecule has 0 fully saturated rings. The van der Waals surface area contributed by atoms with E-state index in [1.165, 1.54) is 18.3 Å². The molecule has 0 saturated heterocycles. The van der Waals surface area contributed by atoms with Crippen LogP contribution in [0.3, 0.4) is 0 Å². The molecule has 0 spiro atoms. The summed E-state index contributed by atoms with van der Waals surface area (Å²) in [7, 11) is -1.68. The lowest BCUT2D eigenvalue weighted by molar-refractivity contribution is -0.137. The van der Waals surface area contributed by atoms with Crippen LogP contribution in [0.2, 0.25) is 0 Å². The van der Waals surface area contributed by atoms with Crippen LogP contribution >= 0.6 is 0 Å². The lowest BCUT2D eigenvalue weighted by Crippen LogP contribution is -2.06. The van der Waals surface area contributed by atoms with Gasteiger partial charge in [0.05, 0.1) is 22.1 Å². The monoisotopic (exact) mass is 310 g/mol. The summed E-state index contributed by atoms with van der Waals surface area (Å²) in [6.07, 6.45) is -3.05. The van der Waals surface area contributed by atoms with Crippen LogP contribution in [0.5, 0.6) is 0 Å². The molecule has 2 aromatic rings. The molecule has 7 heteroatoms. The normalized spacial score (nSPS) is 12.7. The number of halogens is 3. The topological polar surface area (TPSA) is 53.8 Å². The van der Waals surface area contributed by atoms with E-state index < -0.39 is 22.5 Å². The van der Waals surface area contributed by atoms with Gasteiger partial charge in [-0.2, -0.15) is 18.4 Å². The van der Waals surface area contributed by atoms with Gasteiger partial charge in [-0.25, -0.2) is 4.98 Å². The maximum Gasteiger partial charge on any atom is 0.416 e. The van der Waals surface area contributed by atoms with Crippen molar-refractivity contribution in [2.75, 3.05) is 0 Å². The molecule has 0 aliphatic heterocycles. The summed E-state index contributed by atoms with van der Waals surface area (Å²) in [5.74, 6) is -0.0575. The molecule has 108 valence electrons. The summed E-state index contributed by atoms with van der Waals surface area (Å²) in [5, 5.41) is 8.89. The van der Waals surface area contributed by atoms with Crippen LogP contribution in [0.1, 0.15) is 16.8 Å². The van der Waals surface area contributed by atoms with Gasteiger partial charge in [0.15, 0.2) is 0 Å². The van der Waals surface area contributed by atoms with E-state index >= 15 is 0 Å². The van der Waals surface area contributed by atoms with E-state index in [1.54, 1.807) is 12.1 Å². The summed E-state index contributed by atoms with van der Waals surface area (Å²) in [6, 6.07) is 9.39. The fourth-order valence-corrected chi connectivity index (χ4v) is 2.87. The third kappa shape index (κ3) is 3.67. The summed E-state index contributed by atoms with van der Waals surface area (Å²) in [6.45, 7) is 0. The van der Waals surface area contributed by atoms with Crippen molar-refractivity contribution in [2.24, 2.45) is 0 Å². The predicted molar refractivity (Wildman–Crippen MR) is 70.5 cm³/mol. The molecule has 21 heavy (non-hydrogen) atoms. The number of alkyl halides is 3. The molecule has 1 aromatic carbocycles. The van der Waals surface area contributed by atoms with Crippen LogP contribution in [0.4, 0.5) is 13.2 Å². The Morgan fingerprint density at radius 1 is 1.24 bits per heavy atom. The second-order valence-electron chi connectivity index (χ2n) is 4.14. The van der Waals surface area contributed by atoms with Crippen molar-refractivity contribution in [1.82, 2.24) is 4.98 Å². The number of hydrogen-bond acceptors (Lipinski definition) is 3. The Balaban J connectivity index is 2.28. The first kappa shape index (κ1) is 15.2. The van der Waals surface area contributed by atoms with Crippen molar-refractivity contribution in [1.29, 1.82) is 5.26 Å². The Labute approximate surface area is 121 Å². The Bertz CT molecular complexity index is 723. The zero-order valence-corrected chi connectivity index (χ0v) is 11.4. The van der Waals surface area contributed by atoms with Crippen molar-refractivity contribution < 1.29 is 17.4 Å². The second kappa shape index (κ2) is 6.06. The van der Waals surface area contributed by atoms with Crippen LogP contribution in [-0.2, 0) is 22.7 Å². The quantitative estimate of drug-likeness (QED) is 0.874. The van der Waals surface area contributed by atoms with Gasteiger partial charge in [0, 0.05) is 16.7 Å². The standard InChI is InChI=1S/C14H9F3N2OS/c15-14(16,17)11-4-1-5-12(7-11)21(20)9-10-3-2-6-19-13(10)8-18/h1-7H,9H2. The van der Waals surface area contributed by atoms with E-state index in [1.807, 2.05) is 6.07 Å². The molecular formula is C14H9F3N2OS. The number of aromatic nitrogens is 1. The van der Waals surface area contributed by atoms with Gasteiger partial charge in [-0.3, -0.25) is 4.21 Å². The van der Waals surface area contributed by atoms with E-state index in [-0.39, 0.29) is 16.3 Å². The van der Waals surface area contributed by atoms with Crippen molar-refractivity contribution in [3.05, 3.63) is 59.4 Å². The predicted octanol–water partition coefficient (Wildman–Crippen LogP) is 3.28. The van der Waals surface area contributed by atoms with Gasteiger partial charge >= 0.3 is 6.18 Å². The molecule has 0 N–H and O–H groups in total. The zero-order valence-electron chi connectivity index (χ0n) is 10.6. The number of rotatable bonds is 3. The Morgan fingerprint density at radius 3 is 2.67 bits per heavy atom. The fraction of sp³-hybridized carbons (Fsp3) is 0.143. The highest BCUT2D eigenvalue weighted by molar-refractivity contribution is 7.84. The van der Waals surface area contributed by atoms with Crippen LogP contribution in [0, 0.1) is 11.3 Å². The van der Waals surface area contributed by atoms with Crippen molar-refractivity contribution in [3.63, 3.8) is 0 Å². The SMILES string of the molecule is N#Cc1ncccc1CS(=O)c1cccc(C(F)(F)F)c1. The molecule has 0 radical (unpaired) electrons. The number of pyridine rings is 1. The number of benzene rings is 1. The zero-order chi connectivity index (χ0) is 15.5. The maximum absolute atomic E-state index is 12.6. The average molecular weight is 310 g/mol. The van der Waals surface area contributed by atoms with Crippen LogP contribution < -0.4 is 0 Å². The maximum atomic E-state index is 12.6. The van der Waals surface area contributed by atoms with Crippen LogP contribution in [0.25, 0.3) is 0 Å². The fourth-order valence-electron chi connectivity index (χ4n) is 1.69. The number of hydrogen-bond donors (Lipinski definition) is 0. The van der Waals surface area contributed by atoms with E-state index in [0.717, 1.165) is 12.1 Å². The minimum Gasteiger partial charge on any atom is -0.254 e. The largest absolute Gasteiger partial charge is 0.416 e. The Kier molecular flexibility index (Phi) is 4.38. The number of nitriles is 1. The van der Waals surface area contributed by atoms with E-state index in [0.29, 0.717) is 5.56 Å². The van der Waals surface area contributed by atoms with Gasteiger partial charge in [-0.05, 0) is 24.3 Å². The highest BCUT2D eigenvalue weighted by Crippen LogP contribution is 2.30. The molecule has 1 unspecified atom stereocenters. The smallest absolute Gasteiger partial charge is 0.254 e. The summed E-state index contributed by atoms with van der Waals surface area (Å²) < 4.78 is 50.0. The van der Waals surface area contributed by atoms with E-state index in [2.05, 4.69) is 4.98 Å². The first-order valence-corrected chi connectivity index (χ1v) is 7.13. The van der Waals surface area contributed by atoms with Crippen LogP contribution in [-0.4, -0.2) is 9.19 Å². The summed E-state index contributed by atoms with van der Waals surface area (Å²) in [4.78, 5) is 3.89. The lowest BCUT2D eigenvalue weighted by Gasteiger charge is -2.09. The average Bonchev–Trinajstić information content (AvgIpc) is 2.47. The van der Waals surface area contributed by atoms with Crippen molar-refractivity contribution >= 4 is 10.8 Å². The Hall–Kier alpha value is -2.20. The minimum absolute atomic E-state index is 0.0575. The highest BCUT2D eigenvalue weighted by Gasteiger charge is 2.30. The van der Waals surface area contributed by atoms with Gasteiger partial charge in [-0.1, -0.05) is 12.1 Å². The first-order valence-electron chi connectivity index (χ1n) is 5.81. The summed E-state index contributed by atoms with van der Waals surface area (Å²) in [5.41, 5.74) is -0.284. The summed E-state index contributed by atoms with van der Waals surface area (Å²) >= 11 is 0. The molecule has 0 aliphatic rings.